The summed E-state index contributed by atoms with van der Waals surface area (Å²) in [6, 6.07) is 5.97. The van der Waals surface area contributed by atoms with E-state index in [0.29, 0.717) is 10.2 Å². The average Bonchev–Trinajstić information content (AvgIpc) is 3.03. The Morgan fingerprint density at radius 1 is 1.15 bits per heavy atom. The van der Waals surface area contributed by atoms with Gasteiger partial charge in [-0.15, -0.1) is 11.3 Å². The van der Waals surface area contributed by atoms with E-state index in [1.54, 1.807) is 17.2 Å². The molecular formula is C19H19N5OS. The SMILES string of the molecule is CCN(C)c1ncnc2sc3c(=O)n(-c4ccc(C)c(C)c4)cnc3c12. The number of fused-ring (bicyclic) bond motifs is 3. The van der Waals surface area contributed by atoms with E-state index < -0.39 is 0 Å². The molecule has 0 saturated carbocycles. The van der Waals surface area contributed by atoms with E-state index in [0.717, 1.165) is 33.8 Å². The minimum absolute atomic E-state index is 0.0774. The minimum atomic E-state index is -0.0774. The highest BCUT2D eigenvalue weighted by Crippen LogP contribution is 2.34. The topological polar surface area (TPSA) is 63.9 Å². The van der Waals surface area contributed by atoms with Crippen molar-refractivity contribution in [1.82, 2.24) is 19.5 Å². The predicted molar refractivity (Wildman–Crippen MR) is 107 cm³/mol. The molecule has 6 nitrogen and oxygen atoms in total. The maximum absolute atomic E-state index is 13.1. The van der Waals surface area contributed by atoms with Crippen molar-refractivity contribution in [2.45, 2.75) is 20.8 Å². The van der Waals surface area contributed by atoms with E-state index in [1.807, 2.05) is 37.1 Å². The Balaban J connectivity index is 2.01. The predicted octanol–water partition coefficient (Wildman–Crippen LogP) is 3.46. The normalized spacial score (nSPS) is 11.4. The molecule has 0 amide bonds. The highest BCUT2D eigenvalue weighted by atomic mass is 32.1. The summed E-state index contributed by atoms with van der Waals surface area (Å²) in [6.07, 6.45) is 3.14. The second-order valence-electron chi connectivity index (χ2n) is 6.36. The fraction of sp³-hybridized carbons (Fsp3) is 0.263. The van der Waals surface area contributed by atoms with Crippen LogP contribution >= 0.6 is 11.3 Å². The van der Waals surface area contributed by atoms with Crippen molar-refractivity contribution in [2.75, 3.05) is 18.5 Å². The summed E-state index contributed by atoms with van der Waals surface area (Å²) >= 11 is 1.37. The zero-order valence-electron chi connectivity index (χ0n) is 15.1. The first-order valence-corrected chi connectivity index (χ1v) is 9.26. The van der Waals surface area contributed by atoms with Crippen molar-refractivity contribution < 1.29 is 0 Å². The van der Waals surface area contributed by atoms with Gasteiger partial charge in [0, 0.05) is 13.6 Å². The third kappa shape index (κ3) is 2.47. The molecule has 0 saturated heterocycles. The van der Waals surface area contributed by atoms with E-state index in [-0.39, 0.29) is 5.56 Å². The van der Waals surface area contributed by atoms with Gasteiger partial charge >= 0.3 is 0 Å². The van der Waals surface area contributed by atoms with Crippen LogP contribution in [0.5, 0.6) is 0 Å². The van der Waals surface area contributed by atoms with E-state index in [1.165, 1.54) is 16.9 Å². The largest absolute Gasteiger partial charge is 0.359 e. The Morgan fingerprint density at radius 3 is 2.69 bits per heavy atom. The molecule has 7 heteroatoms. The molecule has 0 N–H and O–H groups in total. The van der Waals surface area contributed by atoms with Crippen LogP contribution in [0.3, 0.4) is 0 Å². The van der Waals surface area contributed by atoms with Gasteiger partial charge < -0.3 is 4.90 Å². The second-order valence-corrected chi connectivity index (χ2v) is 7.36. The molecule has 0 aliphatic heterocycles. The summed E-state index contributed by atoms with van der Waals surface area (Å²) in [7, 11) is 1.97. The number of hydrogen-bond acceptors (Lipinski definition) is 6. The molecule has 0 aliphatic rings. The number of aryl methyl sites for hydroxylation is 2. The summed E-state index contributed by atoms with van der Waals surface area (Å²) in [5.41, 5.74) is 3.75. The molecule has 26 heavy (non-hydrogen) atoms. The second kappa shape index (κ2) is 6.17. The number of benzene rings is 1. The lowest BCUT2D eigenvalue weighted by Crippen LogP contribution is -2.19. The van der Waals surface area contributed by atoms with Gasteiger partial charge in [0.15, 0.2) is 0 Å². The van der Waals surface area contributed by atoms with Crippen molar-refractivity contribution >= 4 is 37.6 Å². The van der Waals surface area contributed by atoms with Crippen LogP contribution in [0.25, 0.3) is 26.1 Å². The van der Waals surface area contributed by atoms with Crippen LogP contribution in [0, 0.1) is 13.8 Å². The summed E-state index contributed by atoms with van der Waals surface area (Å²) in [5, 5.41) is 0.848. The van der Waals surface area contributed by atoms with Gasteiger partial charge in [-0.1, -0.05) is 6.07 Å². The molecule has 132 valence electrons. The van der Waals surface area contributed by atoms with E-state index in [9.17, 15) is 4.79 Å². The van der Waals surface area contributed by atoms with Crippen molar-refractivity contribution in [1.29, 1.82) is 0 Å². The Kier molecular flexibility index (Phi) is 3.96. The summed E-state index contributed by atoms with van der Waals surface area (Å²) in [5.74, 6) is 0.805. The van der Waals surface area contributed by atoms with Crippen molar-refractivity contribution in [2.24, 2.45) is 0 Å². The van der Waals surface area contributed by atoms with E-state index >= 15 is 0 Å². The Hall–Kier alpha value is -2.80. The number of rotatable bonds is 3. The highest BCUT2D eigenvalue weighted by Gasteiger charge is 2.18. The Bertz CT molecular complexity index is 1190. The Labute approximate surface area is 154 Å². The monoisotopic (exact) mass is 365 g/mol. The fourth-order valence-electron chi connectivity index (χ4n) is 2.95. The first-order chi connectivity index (χ1) is 12.5. The van der Waals surface area contributed by atoms with Gasteiger partial charge in [0.2, 0.25) is 0 Å². The molecule has 4 rings (SSSR count). The van der Waals surface area contributed by atoms with Crippen LogP contribution in [-0.2, 0) is 0 Å². The lowest BCUT2D eigenvalue weighted by molar-refractivity contribution is 0.940. The summed E-state index contributed by atoms with van der Waals surface area (Å²) in [4.78, 5) is 29.3. The van der Waals surface area contributed by atoms with Crippen LogP contribution < -0.4 is 10.5 Å². The molecule has 0 atom stereocenters. The zero-order chi connectivity index (χ0) is 18.4. The first kappa shape index (κ1) is 16.7. The minimum Gasteiger partial charge on any atom is -0.359 e. The smallest absolute Gasteiger partial charge is 0.275 e. The van der Waals surface area contributed by atoms with E-state index in [4.69, 9.17) is 0 Å². The van der Waals surface area contributed by atoms with Crippen LogP contribution in [0.2, 0.25) is 0 Å². The summed E-state index contributed by atoms with van der Waals surface area (Å²) in [6.45, 7) is 6.96. The number of aromatic nitrogens is 4. The third-order valence-electron chi connectivity index (χ3n) is 4.76. The Morgan fingerprint density at radius 2 is 1.96 bits per heavy atom. The molecule has 1 aromatic carbocycles. The maximum atomic E-state index is 13.1. The lowest BCUT2D eigenvalue weighted by atomic mass is 10.1. The van der Waals surface area contributed by atoms with Gasteiger partial charge in [0.25, 0.3) is 5.56 Å². The van der Waals surface area contributed by atoms with Crippen LogP contribution in [0.15, 0.2) is 35.6 Å². The van der Waals surface area contributed by atoms with Crippen LogP contribution in [0.1, 0.15) is 18.1 Å². The molecule has 0 spiro atoms. The van der Waals surface area contributed by atoms with Gasteiger partial charge in [0.1, 0.15) is 33.5 Å². The van der Waals surface area contributed by atoms with Crippen molar-refractivity contribution in [3.63, 3.8) is 0 Å². The number of thiophene rings is 1. The summed E-state index contributed by atoms with van der Waals surface area (Å²) < 4.78 is 2.20. The standard InChI is InChI=1S/C19H19N5OS/c1-5-23(4)17-14-15-16(26-18(14)21-9-20-17)19(25)24(10-22-15)13-7-6-11(2)12(3)8-13/h6-10H,5H2,1-4H3. The molecule has 3 heterocycles. The molecule has 0 bridgehead atoms. The quantitative estimate of drug-likeness (QED) is 0.556. The molecule has 0 aliphatic carbocycles. The van der Waals surface area contributed by atoms with Gasteiger partial charge in [-0.05, 0) is 44.0 Å². The first-order valence-electron chi connectivity index (χ1n) is 8.45. The highest BCUT2D eigenvalue weighted by molar-refractivity contribution is 7.25. The van der Waals surface area contributed by atoms with Crippen LogP contribution in [-0.4, -0.2) is 33.1 Å². The number of hydrogen-bond donors (Lipinski definition) is 0. The van der Waals surface area contributed by atoms with Gasteiger partial charge in [0.05, 0.1) is 11.1 Å². The van der Waals surface area contributed by atoms with Crippen molar-refractivity contribution in [3.8, 4) is 5.69 Å². The fourth-order valence-corrected chi connectivity index (χ4v) is 3.97. The average molecular weight is 365 g/mol. The third-order valence-corrected chi connectivity index (χ3v) is 5.84. The van der Waals surface area contributed by atoms with Crippen LogP contribution in [0.4, 0.5) is 5.82 Å². The van der Waals surface area contributed by atoms with Gasteiger partial charge in [-0.3, -0.25) is 9.36 Å². The molecule has 3 aromatic heterocycles. The van der Waals surface area contributed by atoms with Crippen molar-refractivity contribution in [3.05, 3.63) is 52.3 Å². The van der Waals surface area contributed by atoms with Gasteiger partial charge in [-0.25, -0.2) is 15.0 Å². The zero-order valence-corrected chi connectivity index (χ0v) is 16.0. The van der Waals surface area contributed by atoms with E-state index in [2.05, 4.69) is 28.8 Å². The number of nitrogens with zero attached hydrogens (tertiary/aromatic N) is 5. The van der Waals surface area contributed by atoms with Gasteiger partial charge in [-0.2, -0.15) is 0 Å². The number of anilines is 1. The molecule has 4 aromatic rings. The lowest BCUT2D eigenvalue weighted by Gasteiger charge is -2.15. The molecule has 0 radical (unpaired) electrons. The molecule has 0 fully saturated rings. The molecular weight excluding hydrogens is 346 g/mol. The maximum Gasteiger partial charge on any atom is 0.275 e. The molecule has 0 unspecified atom stereocenters.